The number of likely N-dealkylation sites (N-methyl/N-ethyl adjacent to an activating group) is 1. The molecule has 112 valence electrons. The summed E-state index contributed by atoms with van der Waals surface area (Å²) in [5.74, 6) is 0.905. The average molecular weight is 278 g/mol. The van der Waals surface area contributed by atoms with Gasteiger partial charge in [-0.05, 0) is 31.2 Å². The van der Waals surface area contributed by atoms with E-state index in [1.54, 1.807) is 7.11 Å². The molecule has 1 heterocycles. The molecule has 0 radical (unpaired) electrons. The summed E-state index contributed by atoms with van der Waals surface area (Å²) in [6.07, 6.45) is 0.289. The zero-order valence-corrected chi connectivity index (χ0v) is 12.8. The molecule has 2 atom stereocenters. The minimum absolute atomic E-state index is 0.289. The highest BCUT2D eigenvalue weighted by atomic mass is 16.5. The largest absolute Gasteiger partial charge is 0.497 e. The van der Waals surface area contributed by atoms with Crippen molar-refractivity contribution in [3.8, 4) is 5.75 Å². The summed E-state index contributed by atoms with van der Waals surface area (Å²) in [6, 6.07) is 8.51. The van der Waals surface area contributed by atoms with Gasteiger partial charge in [-0.25, -0.2) is 0 Å². The number of nitrogens with zero attached hydrogens (tertiary/aromatic N) is 1. The molecular weight excluding hydrogens is 252 g/mol. The lowest BCUT2D eigenvalue weighted by Gasteiger charge is -2.32. The summed E-state index contributed by atoms with van der Waals surface area (Å²) in [5.41, 5.74) is 1.24. The number of hydrogen-bond donors (Lipinski definition) is 1. The molecule has 0 aliphatic carbocycles. The minimum Gasteiger partial charge on any atom is -0.497 e. The smallest absolute Gasteiger partial charge is 0.119 e. The zero-order valence-electron chi connectivity index (χ0n) is 12.8. The van der Waals surface area contributed by atoms with Gasteiger partial charge < -0.3 is 14.8 Å². The van der Waals surface area contributed by atoms with Crippen LogP contribution >= 0.6 is 0 Å². The average Bonchev–Trinajstić information content (AvgIpc) is 2.52. The topological polar surface area (TPSA) is 33.7 Å². The second-order valence-electron chi connectivity index (χ2n) is 5.29. The van der Waals surface area contributed by atoms with Gasteiger partial charge in [-0.3, -0.25) is 4.90 Å². The molecule has 0 amide bonds. The highest BCUT2D eigenvalue weighted by Gasteiger charge is 2.19. The van der Waals surface area contributed by atoms with Crippen molar-refractivity contribution in [3.63, 3.8) is 0 Å². The van der Waals surface area contributed by atoms with Crippen LogP contribution in [0.1, 0.15) is 25.5 Å². The molecule has 1 N–H and O–H groups in total. The van der Waals surface area contributed by atoms with Crippen LogP contribution in [0.15, 0.2) is 24.3 Å². The Hall–Kier alpha value is -1.10. The summed E-state index contributed by atoms with van der Waals surface area (Å²) in [7, 11) is 1.70. The van der Waals surface area contributed by atoms with Gasteiger partial charge in [0.1, 0.15) is 5.75 Å². The summed E-state index contributed by atoms with van der Waals surface area (Å²) in [6.45, 7) is 9.28. The molecule has 0 bridgehead atoms. The van der Waals surface area contributed by atoms with Crippen molar-refractivity contribution in [2.45, 2.75) is 26.0 Å². The lowest BCUT2D eigenvalue weighted by atomic mass is 10.1. The van der Waals surface area contributed by atoms with Crippen molar-refractivity contribution in [2.24, 2.45) is 0 Å². The van der Waals surface area contributed by atoms with Gasteiger partial charge in [0, 0.05) is 25.7 Å². The Balaban J connectivity index is 1.83. The van der Waals surface area contributed by atoms with Gasteiger partial charge in [-0.15, -0.1) is 0 Å². The van der Waals surface area contributed by atoms with Gasteiger partial charge in [0.05, 0.1) is 19.8 Å². The van der Waals surface area contributed by atoms with E-state index in [1.807, 2.05) is 12.1 Å². The zero-order chi connectivity index (χ0) is 14.4. The fraction of sp³-hybridized carbons (Fsp3) is 0.625. The van der Waals surface area contributed by atoms with Gasteiger partial charge in [-0.2, -0.15) is 0 Å². The molecule has 1 aromatic rings. The van der Waals surface area contributed by atoms with Crippen LogP contribution in [0.25, 0.3) is 0 Å². The molecule has 0 saturated carbocycles. The van der Waals surface area contributed by atoms with E-state index in [0.29, 0.717) is 6.04 Å². The van der Waals surface area contributed by atoms with Crippen LogP contribution in [0.2, 0.25) is 0 Å². The number of nitrogens with one attached hydrogen (secondary N) is 1. The number of morpholine rings is 1. The Bertz CT molecular complexity index is 411. The van der Waals surface area contributed by atoms with E-state index in [0.717, 1.165) is 38.5 Å². The molecule has 2 rings (SSSR count). The first-order valence-electron chi connectivity index (χ1n) is 7.44. The van der Waals surface area contributed by atoms with Crippen LogP contribution in [-0.4, -0.2) is 50.9 Å². The van der Waals surface area contributed by atoms with Crippen molar-refractivity contribution >= 4 is 0 Å². The quantitative estimate of drug-likeness (QED) is 0.863. The van der Waals surface area contributed by atoms with Crippen LogP contribution < -0.4 is 10.1 Å². The molecular formula is C16H26N2O2. The van der Waals surface area contributed by atoms with Crippen molar-refractivity contribution in [3.05, 3.63) is 29.8 Å². The van der Waals surface area contributed by atoms with Crippen LogP contribution in [0.4, 0.5) is 0 Å². The van der Waals surface area contributed by atoms with Gasteiger partial charge in [-0.1, -0.05) is 19.1 Å². The van der Waals surface area contributed by atoms with Gasteiger partial charge in [0.2, 0.25) is 0 Å². The SMILES string of the molecule is CCN1CCOC(CN[C@@H](C)c2cccc(OC)c2)C1. The Morgan fingerprint density at radius 3 is 3.10 bits per heavy atom. The van der Waals surface area contributed by atoms with Crippen LogP contribution in [-0.2, 0) is 4.74 Å². The molecule has 1 unspecified atom stereocenters. The predicted octanol–water partition coefficient (Wildman–Crippen LogP) is 2.07. The van der Waals surface area contributed by atoms with Gasteiger partial charge >= 0.3 is 0 Å². The monoisotopic (exact) mass is 278 g/mol. The van der Waals surface area contributed by atoms with E-state index < -0.39 is 0 Å². The van der Waals surface area contributed by atoms with E-state index in [-0.39, 0.29) is 6.10 Å². The molecule has 1 saturated heterocycles. The number of hydrogen-bond acceptors (Lipinski definition) is 4. The Kier molecular flexibility index (Phi) is 5.83. The number of rotatable bonds is 6. The van der Waals surface area contributed by atoms with E-state index in [4.69, 9.17) is 9.47 Å². The maximum atomic E-state index is 5.81. The van der Waals surface area contributed by atoms with Gasteiger partial charge in [0.25, 0.3) is 0 Å². The fourth-order valence-electron chi connectivity index (χ4n) is 2.53. The Morgan fingerprint density at radius 1 is 1.50 bits per heavy atom. The first-order valence-corrected chi connectivity index (χ1v) is 7.44. The second-order valence-corrected chi connectivity index (χ2v) is 5.29. The van der Waals surface area contributed by atoms with Crippen LogP contribution in [0.5, 0.6) is 5.75 Å². The summed E-state index contributed by atoms with van der Waals surface area (Å²) in [4.78, 5) is 2.44. The third-order valence-electron chi connectivity index (χ3n) is 3.92. The lowest BCUT2D eigenvalue weighted by molar-refractivity contribution is -0.0262. The number of benzene rings is 1. The second kappa shape index (κ2) is 7.62. The summed E-state index contributed by atoms with van der Waals surface area (Å²) in [5, 5.41) is 3.56. The van der Waals surface area contributed by atoms with E-state index in [1.165, 1.54) is 5.56 Å². The van der Waals surface area contributed by atoms with Crippen molar-refractivity contribution in [1.29, 1.82) is 0 Å². The normalized spacial score (nSPS) is 21.6. The fourth-order valence-corrected chi connectivity index (χ4v) is 2.53. The molecule has 0 spiro atoms. The molecule has 20 heavy (non-hydrogen) atoms. The molecule has 1 fully saturated rings. The maximum absolute atomic E-state index is 5.81. The van der Waals surface area contributed by atoms with E-state index in [2.05, 4.69) is 36.2 Å². The standard InChI is InChI=1S/C16H26N2O2/c1-4-18-8-9-20-16(12-18)11-17-13(2)14-6-5-7-15(10-14)19-3/h5-7,10,13,16-17H,4,8-9,11-12H2,1-3H3/t13-,16?/m0/s1. The first kappa shape index (κ1) is 15.3. The predicted molar refractivity (Wildman–Crippen MR) is 81.3 cm³/mol. The van der Waals surface area contributed by atoms with E-state index in [9.17, 15) is 0 Å². The van der Waals surface area contributed by atoms with E-state index >= 15 is 0 Å². The number of methoxy groups -OCH3 is 1. The summed E-state index contributed by atoms with van der Waals surface area (Å²) >= 11 is 0. The highest BCUT2D eigenvalue weighted by Crippen LogP contribution is 2.18. The maximum Gasteiger partial charge on any atom is 0.119 e. The summed E-state index contributed by atoms with van der Waals surface area (Å²) < 4.78 is 11.1. The van der Waals surface area contributed by atoms with Crippen LogP contribution in [0, 0.1) is 0 Å². The van der Waals surface area contributed by atoms with Gasteiger partial charge in [0.15, 0.2) is 0 Å². The minimum atomic E-state index is 0.289. The van der Waals surface area contributed by atoms with Crippen molar-refractivity contribution < 1.29 is 9.47 Å². The molecule has 4 nitrogen and oxygen atoms in total. The van der Waals surface area contributed by atoms with Crippen LogP contribution in [0.3, 0.4) is 0 Å². The molecule has 4 heteroatoms. The third kappa shape index (κ3) is 4.20. The van der Waals surface area contributed by atoms with Crippen molar-refractivity contribution in [1.82, 2.24) is 10.2 Å². The first-order chi connectivity index (χ1) is 9.72. The molecule has 0 aromatic heterocycles. The Morgan fingerprint density at radius 2 is 2.35 bits per heavy atom. The third-order valence-corrected chi connectivity index (χ3v) is 3.92. The molecule has 1 aliphatic heterocycles. The lowest BCUT2D eigenvalue weighted by Crippen LogP contribution is -2.46. The van der Waals surface area contributed by atoms with Crippen molar-refractivity contribution in [2.75, 3.05) is 39.9 Å². The molecule has 1 aliphatic rings. The molecule has 1 aromatic carbocycles. The Labute approximate surface area is 122 Å². The number of ether oxygens (including phenoxy) is 2. The highest BCUT2D eigenvalue weighted by molar-refractivity contribution is 5.30.